The molecule has 0 aliphatic carbocycles. The Bertz CT molecular complexity index is 1140. The molecule has 0 spiro atoms. The number of ketones is 1. The highest BCUT2D eigenvalue weighted by molar-refractivity contribution is 5.93. The molecule has 0 unspecified atom stereocenters. The van der Waals surface area contributed by atoms with E-state index >= 15 is 0 Å². The van der Waals surface area contributed by atoms with Crippen LogP contribution in [0.25, 0.3) is 0 Å². The number of Topliss-reactive ketones (excluding diaryl/α,β-unsaturated/α-hetero) is 1. The lowest BCUT2D eigenvalue weighted by Gasteiger charge is -2.32. The highest BCUT2D eigenvalue weighted by atomic mass is 19.2. The molecule has 37 heavy (non-hydrogen) atoms. The number of hydrogen-bond donors (Lipinski definition) is 2. The van der Waals surface area contributed by atoms with E-state index in [0.29, 0.717) is 32.0 Å². The Morgan fingerprint density at radius 3 is 2.35 bits per heavy atom. The predicted octanol–water partition coefficient (Wildman–Crippen LogP) is 2.80. The average Bonchev–Trinajstić information content (AvgIpc) is 2.87. The summed E-state index contributed by atoms with van der Waals surface area (Å²) in [5, 5.41) is 11.5. The maximum absolute atomic E-state index is 14.1. The number of piperidine rings is 1. The Kier molecular flexibility index (Phi) is 9.26. The summed E-state index contributed by atoms with van der Waals surface area (Å²) in [6.07, 6.45) is 0.0834. The second-order valence-electron chi connectivity index (χ2n) is 8.86. The average molecular weight is 521 g/mol. The number of amides is 2. The number of nitrogens with zero attached hydrogens (tertiary/aromatic N) is 1. The number of aryl methyl sites for hydroxylation is 1. The molecule has 1 saturated heterocycles. The lowest BCUT2D eigenvalue weighted by Crippen LogP contribution is -2.49. The van der Waals surface area contributed by atoms with E-state index in [1.807, 2.05) is 30.3 Å². The summed E-state index contributed by atoms with van der Waals surface area (Å²) in [6, 6.07) is 8.33. The van der Waals surface area contributed by atoms with Gasteiger partial charge in [0.2, 0.25) is 17.6 Å². The summed E-state index contributed by atoms with van der Waals surface area (Å²) < 4.78 is 46.5. The van der Waals surface area contributed by atoms with E-state index in [1.165, 1.54) is 6.92 Å². The lowest BCUT2D eigenvalue weighted by atomic mass is 9.94. The molecule has 2 aromatic carbocycles. The number of halogens is 3. The molecule has 1 atom stereocenters. The van der Waals surface area contributed by atoms with Crippen LogP contribution in [0.5, 0.6) is 5.75 Å². The lowest BCUT2D eigenvalue weighted by molar-refractivity contribution is -0.141. The van der Waals surface area contributed by atoms with Crippen LogP contribution in [0.3, 0.4) is 0 Å². The van der Waals surface area contributed by atoms with Crippen molar-refractivity contribution >= 4 is 23.6 Å². The standard InChI is InChI=1S/C26H27F3N2O6/c1-15-11-18(27)24(29)25(23(15)28)37-14-20(32)19(13-22(34)35)30-26(36)17-7-9-31(10-8-17)21(33)12-16-5-3-2-4-6-16/h2-6,11,17,19H,7-10,12-14H2,1H3,(H,30,36)(H,34,35)/t19-/m0/s1. The van der Waals surface area contributed by atoms with Gasteiger partial charge in [-0.05, 0) is 37.0 Å². The van der Waals surface area contributed by atoms with Gasteiger partial charge in [0.25, 0.3) is 0 Å². The molecule has 2 aromatic rings. The smallest absolute Gasteiger partial charge is 0.305 e. The fourth-order valence-corrected chi connectivity index (χ4v) is 4.05. The summed E-state index contributed by atoms with van der Waals surface area (Å²) in [5.41, 5.74) is 0.628. The largest absolute Gasteiger partial charge is 0.481 e. The molecule has 1 aliphatic rings. The van der Waals surface area contributed by atoms with E-state index in [0.717, 1.165) is 5.56 Å². The van der Waals surface area contributed by atoms with Crippen molar-refractivity contribution < 1.29 is 42.2 Å². The fourth-order valence-electron chi connectivity index (χ4n) is 4.05. The van der Waals surface area contributed by atoms with Gasteiger partial charge in [0, 0.05) is 19.0 Å². The number of likely N-dealkylation sites (tertiary alicyclic amines) is 1. The third-order valence-electron chi connectivity index (χ3n) is 6.16. The maximum atomic E-state index is 14.1. The van der Waals surface area contributed by atoms with Crippen molar-refractivity contribution in [1.82, 2.24) is 10.2 Å². The molecule has 2 amide bonds. The predicted molar refractivity (Wildman–Crippen MR) is 125 cm³/mol. The van der Waals surface area contributed by atoms with Gasteiger partial charge < -0.3 is 20.1 Å². The minimum atomic E-state index is -1.62. The molecule has 8 nitrogen and oxygen atoms in total. The van der Waals surface area contributed by atoms with E-state index in [2.05, 4.69) is 5.32 Å². The van der Waals surface area contributed by atoms with Crippen LogP contribution in [0.1, 0.15) is 30.4 Å². The third kappa shape index (κ3) is 7.31. The number of carboxylic acids is 1. The van der Waals surface area contributed by atoms with Gasteiger partial charge in [0.15, 0.2) is 23.2 Å². The number of carboxylic acid groups (broad SMARTS) is 1. The SMILES string of the molecule is Cc1cc(F)c(F)c(OCC(=O)[C@H](CC(=O)O)NC(=O)C2CCN(C(=O)Cc3ccccc3)CC2)c1F. The van der Waals surface area contributed by atoms with Crippen LogP contribution in [0.2, 0.25) is 0 Å². The van der Waals surface area contributed by atoms with Crippen LogP contribution in [0, 0.1) is 30.3 Å². The van der Waals surface area contributed by atoms with Gasteiger partial charge in [-0.15, -0.1) is 0 Å². The van der Waals surface area contributed by atoms with Crippen molar-refractivity contribution in [2.75, 3.05) is 19.7 Å². The van der Waals surface area contributed by atoms with Crippen molar-refractivity contribution in [3.05, 3.63) is 65.0 Å². The second-order valence-corrected chi connectivity index (χ2v) is 8.86. The summed E-state index contributed by atoms with van der Waals surface area (Å²) in [6.45, 7) is 0.839. The number of benzene rings is 2. The highest BCUT2D eigenvalue weighted by Gasteiger charge is 2.31. The van der Waals surface area contributed by atoms with Gasteiger partial charge >= 0.3 is 5.97 Å². The van der Waals surface area contributed by atoms with Crippen LogP contribution in [0.4, 0.5) is 13.2 Å². The number of aliphatic carboxylic acids is 1. The normalized spacial score (nSPS) is 14.6. The molecule has 198 valence electrons. The molecule has 11 heteroatoms. The first kappa shape index (κ1) is 27.7. The Balaban J connectivity index is 1.56. The van der Waals surface area contributed by atoms with E-state index in [9.17, 15) is 32.3 Å². The van der Waals surface area contributed by atoms with Crippen molar-refractivity contribution in [3.8, 4) is 5.75 Å². The molecular formula is C26H27F3N2O6. The van der Waals surface area contributed by atoms with E-state index in [-0.39, 0.29) is 17.9 Å². The zero-order valence-corrected chi connectivity index (χ0v) is 20.1. The molecule has 2 N–H and O–H groups in total. The van der Waals surface area contributed by atoms with Gasteiger partial charge in [-0.3, -0.25) is 19.2 Å². The number of nitrogens with one attached hydrogen (secondary N) is 1. The minimum absolute atomic E-state index is 0.0758. The zero-order valence-electron chi connectivity index (χ0n) is 20.1. The van der Waals surface area contributed by atoms with Gasteiger partial charge in [-0.1, -0.05) is 30.3 Å². The zero-order chi connectivity index (χ0) is 27.1. The molecule has 0 bridgehead atoms. The summed E-state index contributed by atoms with van der Waals surface area (Å²) in [5.74, 6) is -8.84. The maximum Gasteiger partial charge on any atom is 0.305 e. The van der Waals surface area contributed by atoms with Gasteiger partial charge in [0.05, 0.1) is 12.8 Å². The third-order valence-corrected chi connectivity index (χ3v) is 6.16. The van der Waals surface area contributed by atoms with Crippen LogP contribution in [-0.4, -0.2) is 59.3 Å². The molecule has 1 fully saturated rings. The van der Waals surface area contributed by atoms with Crippen molar-refractivity contribution in [2.45, 2.75) is 38.6 Å². The first-order valence-corrected chi connectivity index (χ1v) is 11.7. The van der Waals surface area contributed by atoms with E-state index < -0.39 is 65.8 Å². The Labute approximate surface area is 211 Å². The first-order valence-electron chi connectivity index (χ1n) is 11.7. The number of rotatable bonds is 10. The summed E-state index contributed by atoms with van der Waals surface area (Å²) in [7, 11) is 0. The van der Waals surface area contributed by atoms with Crippen LogP contribution < -0.4 is 10.1 Å². The highest BCUT2D eigenvalue weighted by Crippen LogP contribution is 2.27. The first-order chi connectivity index (χ1) is 17.6. The molecule has 0 aromatic heterocycles. The van der Waals surface area contributed by atoms with Crippen molar-refractivity contribution in [2.24, 2.45) is 5.92 Å². The van der Waals surface area contributed by atoms with Gasteiger partial charge in [0.1, 0.15) is 12.6 Å². The molecule has 0 saturated carbocycles. The molecule has 1 heterocycles. The van der Waals surface area contributed by atoms with Gasteiger partial charge in [-0.25, -0.2) is 8.78 Å². The molecule has 3 rings (SSSR count). The summed E-state index contributed by atoms with van der Waals surface area (Å²) >= 11 is 0. The Hall–Kier alpha value is -3.89. The van der Waals surface area contributed by atoms with Crippen molar-refractivity contribution in [3.63, 3.8) is 0 Å². The molecular weight excluding hydrogens is 493 g/mol. The Morgan fingerprint density at radius 1 is 1.08 bits per heavy atom. The van der Waals surface area contributed by atoms with Crippen LogP contribution in [-0.2, 0) is 25.6 Å². The van der Waals surface area contributed by atoms with Crippen LogP contribution >= 0.6 is 0 Å². The monoisotopic (exact) mass is 520 g/mol. The Morgan fingerprint density at radius 2 is 1.73 bits per heavy atom. The molecule has 1 aliphatic heterocycles. The summed E-state index contributed by atoms with van der Waals surface area (Å²) in [4.78, 5) is 50.8. The number of hydrogen-bond acceptors (Lipinski definition) is 5. The minimum Gasteiger partial charge on any atom is -0.481 e. The number of ether oxygens (including phenoxy) is 1. The topological polar surface area (TPSA) is 113 Å². The molecule has 0 radical (unpaired) electrons. The quantitative estimate of drug-likeness (QED) is 0.466. The second kappa shape index (κ2) is 12.4. The van der Waals surface area contributed by atoms with E-state index in [1.54, 1.807) is 4.90 Å². The number of carbonyl (C=O) groups excluding carboxylic acids is 3. The van der Waals surface area contributed by atoms with Crippen LogP contribution in [0.15, 0.2) is 36.4 Å². The fraction of sp³-hybridized carbons (Fsp3) is 0.385. The van der Waals surface area contributed by atoms with Crippen molar-refractivity contribution in [1.29, 1.82) is 0 Å². The number of carbonyl (C=O) groups is 4. The van der Waals surface area contributed by atoms with Gasteiger partial charge in [-0.2, -0.15) is 4.39 Å². The van der Waals surface area contributed by atoms with E-state index in [4.69, 9.17) is 9.84 Å².